The lowest BCUT2D eigenvalue weighted by molar-refractivity contribution is -0.139. The number of hydrogen-bond donors (Lipinski definition) is 2. The van der Waals surface area contributed by atoms with Crippen molar-refractivity contribution in [2.45, 2.75) is 38.4 Å². The number of aliphatic carboxylic acids is 1. The molecule has 0 amide bonds. The Bertz CT molecular complexity index is 665. The molecule has 1 aromatic carbocycles. The summed E-state index contributed by atoms with van der Waals surface area (Å²) in [6, 6.07) is 10.9. The van der Waals surface area contributed by atoms with Gasteiger partial charge in [-0.05, 0) is 31.5 Å². The Morgan fingerprint density at radius 2 is 2.12 bits per heavy atom. The number of carboxylic acids is 1. The quantitative estimate of drug-likeness (QED) is 0.774. The smallest absolute Gasteiger partial charge is 0.317 e. The van der Waals surface area contributed by atoms with Crippen molar-refractivity contribution >= 4 is 5.97 Å². The summed E-state index contributed by atoms with van der Waals surface area (Å²) in [4.78, 5) is 12.9. The number of nitrogens with one attached hydrogen (secondary N) is 1. The van der Waals surface area contributed by atoms with Crippen LogP contribution in [0.1, 0.15) is 25.3 Å². The topological polar surface area (TPSA) is 70.4 Å². The molecule has 0 atom stereocenters. The third kappa shape index (κ3) is 4.01. The first-order valence-corrected chi connectivity index (χ1v) is 8.44. The average Bonchev–Trinajstić information content (AvgIpc) is 3.01. The van der Waals surface area contributed by atoms with Crippen molar-refractivity contribution in [1.29, 1.82) is 0 Å². The Balaban J connectivity index is 1.45. The molecule has 1 heterocycles. The van der Waals surface area contributed by atoms with E-state index in [9.17, 15) is 4.79 Å². The monoisotopic (exact) mass is 328 g/mol. The van der Waals surface area contributed by atoms with E-state index in [1.54, 1.807) is 0 Å². The minimum atomic E-state index is -0.749. The summed E-state index contributed by atoms with van der Waals surface area (Å²) in [5.74, 6) is -0.749. The van der Waals surface area contributed by atoms with Crippen LogP contribution < -0.4 is 5.32 Å². The molecule has 1 aromatic heterocycles. The van der Waals surface area contributed by atoms with Crippen LogP contribution in [0.4, 0.5) is 0 Å². The van der Waals surface area contributed by atoms with Gasteiger partial charge in [0.15, 0.2) is 0 Å². The number of rotatable bonds is 8. The van der Waals surface area contributed by atoms with E-state index >= 15 is 0 Å². The van der Waals surface area contributed by atoms with E-state index in [4.69, 9.17) is 5.11 Å². The normalized spacial score (nSPS) is 20.1. The molecule has 0 saturated heterocycles. The van der Waals surface area contributed by atoms with Crippen molar-refractivity contribution in [2.75, 3.05) is 13.1 Å². The predicted octanol–water partition coefficient (Wildman–Crippen LogP) is 1.90. The van der Waals surface area contributed by atoms with Gasteiger partial charge >= 0.3 is 5.97 Å². The lowest BCUT2D eigenvalue weighted by Crippen LogP contribution is -2.53. The molecule has 2 aromatic rings. The molecule has 0 bridgehead atoms. The minimum absolute atomic E-state index is 0.137. The van der Waals surface area contributed by atoms with Gasteiger partial charge in [-0.15, -0.1) is 0 Å². The van der Waals surface area contributed by atoms with Crippen LogP contribution in [-0.4, -0.2) is 50.9 Å². The summed E-state index contributed by atoms with van der Waals surface area (Å²) in [7, 11) is 0. The summed E-state index contributed by atoms with van der Waals surface area (Å²) in [5, 5.41) is 16.9. The number of carbonyl (C=O) groups is 1. The molecule has 1 saturated carbocycles. The van der Waals surface area contributed by atoms with E-state index in [1.807, 2.05) is 59.2 Å². The standard InChI is InChI=1S/C18H24N4O2/c1-2-21(13-18(23)24)17-8-15(9-17)19-10-14-11-20-22(12-14)16-6-4-3-5-7-16/h3-7,11-12,15,17,19H,2,8-10,13H2,1H3,(H,23,24). The highest BCUT2D eigenvalue weighted by Gasteiger charge is 2.33. The molecule has 24 heavy (non-hydrogen) atoms. The van der Waals surface area contributed by atoms with Crippen molar-refractivity contribution in [3.05, 3.63) is 48.3 Å². The third-order valence-electron chi connectivity index (χ3n) is 4.63. The van der Waals surface area contributed by atoms with Crippen molar-refractivity contribution < 1.29 is 9.90 Å². The molecule has 2 N–H and O–H groups in total. The lowest BCUT2D eigenvalue weighted by atomic mass is 9.85. The van der Waals surface area contributed by atoms with Crippen LogP contribution in [0.3, 0.4) is 0 Å². The van der Waals surface area contributed by atoms with Gasteiger partial charge < -0.3 is 10.4 Å². The largest absolute Gasteiger partial charge is 0.480 e. The zero-order valence-electron chi connectivity index (χ0n) is 13.9. The highest BCUT2D eigenvalue weighted by atomic mass is 16.4. The summed E-state index contributed by atoms with van der Waals surface area (Å²) in [5.41, 5.74) is 2.21. The van der Waals surface area contributed by atoms with Gasteiger partial charge in [0.1, 0.15) is 0 Å². The molecule has 3 rings (SSSR count). The zero-order chi connectivity index (χ0) is 16.9. The number of carboxylic acid groups (broad SMARTS) is 1. The number of likely N-dealkylation sites (N-methyl/N-ethyl adjacent to an activating group) is 1. The molecule has 1 aliphatic carbocycles. The Morgan fingerprint density at radius 1 is 1.38 bits per heavy atom. The molecule has 0 radical (unpaired) electrons. The van der Waals surface area contributed by atoms with Crippen LogP contribution in [0.5, 0.6) is 0 Å². The Kier molecular flexibility index (Phi) is 5.27. The van der Waals surface area contributed by atoms with Crippen LogP contribution in [0.2, 0.25) is 0 Å². The second-order valence-corrected chi connectivity index (χ2v) is 6.29. The highest BCUT2D eigenvalue weighted by molar-refractivity contribution is 5.69. The van der Waals surface area contributed by atoms with E-state index in [2.05, 4.69) is 10.4 Å². The zero-order valence-corrected chi connectivity index (χ0v) is 13.9. The summed E-state index contributed by atoms with van der Waals surface area (Å²) in [6.07, 6.45) is 5.95. The van der Waals surface area contributed by atoms with Crippen LogP contribution >= 0.6 is 0 Å². The maximum Gasteiger partial charge on any atom is 0.317 e. The molecule has 1 aliphatic rings. The molecule has 0 spiro atoms. The SMILES string of the molecule is CCN(CC(=O)O)C1CC(NCc2cnn(-c3ccccc3)c2)C1. The van der Waals surface area contributed by atoms with Gasteiger partial charge in [-0.1, -0.05) is 25.1 Å². The van der Waals surface area contributed by atoms with E-state index in [-0.39, 0.29) is 6.54 Å². The maximum absolute atomic E-state index is 10.9. The van der Waals surface area contributed by atoms with Crippen molar-refractivity contribution in [3.8, 4) is 5.69 Å². The number of para-hydroxylation sites is 1. The van der Waals surface area contributed by atoms with Gasteiger partial charge in [-0.3, -0.25) is 9.69 Å². The van der Waals surface area contributed by atoms with E-state index in [0.29, 0.717) is 12.1 Å². The molecular formula is C18H24N4O2. The third-order valence-corrected chi connectivity index (χ3v) is 4.63. The molecule has 0 unspecified atom stereocenters. The fourth-order valence-electron chi connectivity index (χ4n) is 3.16. The van der Waals surface area contributed by atoms with Crippen molar-refractivity contribution in [2.24, 2.45) is 0 Å². The van der Waals surface area contributed by atoms with Gasteiger partial charge in [0.05, 0.1) is 18.4 Å². The molecular weight excluding hydrogens is 304 g/mol. The fraction of sp³-hybridized carbons (Fsp3) is 0.444. The first-order chi connectivity index (χ1) is 11.7. The molecule has 128 valence electrons. The second kappa shape index (κ2) is 7.59. The van der Waals surface area contributed by atoms with E-state index < -0.39 is 5.97 Å². The summed E-state index contributed by atoms with van der Waals surface area (Å²) >= 11 is 0. The molecule has 6 heteroatoms. The Hall–Kier alpha value is -2.18. The second-order valence-electron chi connectivity index (χ2n) is 6.29. The minimum Gasteiger partial charge on any atom is -0.480 e. The molecule has 1 fully saturated rings. The first-order valence-electron chi connectivity index (χ1n) is 8.44. The van der Waals surface area contributed by atoms with Crippen LogP contribution in [-0.2, 0) is 11.3 Å². The fourth-order valence-corrected chi connectivity index (χ4v) is 3.16. The summed E-state index contributed by atoms with van der Waals surface area (Å²) < 4.78 is 1.88. The number of nitrogens with zero attached hydrogens (tertiary/aromatic N) is 3. The molecule has 6 nitrogen and oxygen atoms in total. The van der Waals surface area contributed by atoms with Gasteiger partial charge in [0.2, 0.25) is 0 Å². The van der Waals surface area contributed by atoms with Crippen molar-refractivity contribution in [1.82, 2.24) is 20.0 Å². The number of aromatic nitrogens is 2. The first kappa shape index (κ1) is 16.7. The van der Waals surface area contributed by atoms with Crippen LogP contribution in [0.25, 0.3) is 5.69 Å². The van der Waals surface area contributed by atoms with Gasteiger partial charge in [0.25, 0.3) is 0 Å². The van der Waals surface area contributed by atoms with Crippen molar-refractivity contribution in [3.63, 3.8) is 0 Å². The van der Waals surface area contributed by atoms with E-state index in [0.717, 1.165) is 37.2 Å². The number of benzene rings is 1. The Labute approximate surface area is 142 Å². The molecule has 0 aliphatic heterocycles. The summed E-state index contributed by atoms with van der Waals surface area (Å²) in [6.45, 7) is 3.72. The lowest BCUT2D eigenvalue weighted by Gasteiger charge is -2.42. The maximum atomic E-state index is 10.9. The van der Waals surface area contributed by atoms with Crippen LogP contribution in [0.15, 0.2) is 42.7 Å². The van der Waals surface area contributed by atoms with Gasteiger partial charge in [0, 0.05) is 30.4 Å². The predicted molar refractivity (Wildman–Crippen MR) is 92.1 cm³/mol. The van der Waals surface area contributed by atoms with Gasteiger partial charge in [-0.2, -0.15) is 5.10 Å². The number of hydrogen-bond acceptors (Lipinski definition) is 4. The van der Waals surface area contributed by atoms with Crippen LogP contribution in [0, 0.1) is 0 Å². The van der Waals surface area contributed by atoms with Gasteiger partial charge in [-0.25, -0.2) is 4.68 Å². The average molecular weight is 328 g/mol. The van der Waals surface area contributed by atoms with E-state index in [1.165, 1.54) is 0 Å². The highest BCUT2D eigenvalue weighted by Crippen LogP contribution is 2.25. The Morgan fingerprint density at radius 3 is 2.79 bits per heavy atom.